The van der Waals surface area contributed by atoms with Gasteiger partial charge in [-0.1, -0.05) is 31.5 Å². The van der Waals surface area contributed by atoms with E-state index in [0.29, 0.717) is 35.2 Å². The van der Waals surface area contributed by atoms with E-state index >= 15 is 0 Å². The number of Topliss-reactive ketones (excluding diaryl/α,β-unsaturated/α-hetero) is 1. The van der Waals surface area contributed by atoms with E-state index < -0.39 is 0 Å². The third kappa shape index (κ3) is 5.46. The highest BCUT2D eigenvalue weighted by Gasteiger charge is 2.28. The molecule has 7 heteroatoms. The Hall–Kier alpha value is -3.35. The van der Waals surface area contributed by atoms with Gasteiger partial charge in [0.25, 0.3) is 5.91 Å². The molecule has 0 saturated carbocycles. The molecule has 1 aliphatic heterocycles. The maximum absolute atomic E-state index is 12.8. The zero-order valence-corrected chi connectivity index (χ0v) is 19.3. The standard InChI is InChI=1S/C25H30N2O5/c1-15(2)11-26-23(29)12-27-20-10-19(6-7-22(20)31-14-24(27)30)21(28)13-32-25-17(4)8-16(3)9-18(25)5/h6-10,15H,11-14H2,1-5H3,(H,26,29). The van der Waals surface area contributed by atoms with Crippen LogP contribution >= 0.6 is 0 Å². The Bertz CT molecular complexity index is 1020. The zero-order chi connectivity index (χ0) is 23.4. The number of nitrogens with zero attached hydrogens (tertiary/aromatic N) is 1. The zero-order valence-electron chi connectivity index (χ0n) is 19.3. The first-order chi connectivity index (χ1) is 15.2. The number of amides is 2. The van der Waals surface area contributed by atoms with Gasteiger partial charge in [-0.25, -0.2) is 0 Å². The molecule has 0 radical (unpaired) electrons. The van der Waals surface area contributed by atoms with Crippen LogP contribution in [0.15, 0.2) is 30.3 Å². The monoisotopic (exact) mass is 438 g/mol. The average Bonchev–Trinajstić information content (AvgIpc) is 2.73. The van der Waals surface area contributed by atoms with Gasteiger partial charge in [0.05, 0.1) is 5.69 Å². The van der Waals surface area contributed by atoms with Crippen molar-refractivity contribution in [2.45, 2.75) is 34.6 Å². The molecule has 2 amide bonds. The van der Waals surface area contributed by atoms with Gasteiger partial charge in [-0.3, -0.25) is 19.3 Å². The molecule has 3 rings (SSSR count). The molecule has 0 aromatic heterocycles. The number of aryl methyl sites for hydroxylation is 3. The van der Waals surface area contributed by atoms with Crippen LogP contribution in [0, 0.1) is 26.7 Å². The van der Waals surface area contributed by atoms with Crippen molar-refractivity contribution in [2.24, 2.45) is 5.92 Å². The summed E-state index contributed by atoms with van der Waals surface area (Å²) < 4.78 is 11.3. The number of hydrogen-bond donors (Lipinski definition) is 1. The normalized spacial score (nSPS) is 12.9. The first-order valence-electron chi connectivity index (χ1n) is 10.7. The number of nitrogens with one attached hydrogen (secondary N) is 1. The minimum Gasteiger partial charge on any atom is -0.485 e. The van der Waals surface area contributed by atoms with E-state index in [1.54, 1.807) is 18.2 Å². The largest absolute Gasteiger partial charge is 0.485 e. The summed E-state index contributed by atoms with van der Waals surface area (Å²) in [5.74, 6) is 0.646. The van der Waals surface area contributed by atoms with Crippen LogP contribution in [-0.2, 0) is 9.59 Å². The van der Waals surface area contributed by atoms with Gasteiger partial charge in [0.1, 0.15) is 18.0 Å². The van der Waals surface area contributed by atoms with Crippen molar-refractivity contribution < 1.29 is 23.9 Å². The topological polar surface area (TPSA) is 84.9 Å². The molecule has 32 heavy (non-hydrogen) atoms. The van der Waals surface area contributed by atoms with Gasteiger partial charge in [0.15, 0.2) is 19.0 Å². The Labute approximate surface area is 188 Å². The van der Waals surface area contributed by atoms with Gasteiger partial charge in [0, 0.05) is 12.1 Å². The van der Waals surface area contributed by atoms with Crippen LogP contribution in [-0.4, -0.2) is 43.9 Å². The van der Waals surface area contributed by atoms with Crippen LogP contribution in [0.1, 0.15) is 40.9 Å². The molecule has 0 bridgehead atoms. The Morgan fingerprint density at radius 2 is 1.81 bits per heavy atom. The number of ether oxygens (including phenoxy) is 2. The minimum absolute atomic E-state index is 0.127. The molecular formula is C25H30N2O5. The third-order valence-corrected chi connectivity index (χ3v) is 5.19. The molecule has 0 saturated heterocycles. The third-order valence-electron chi connectivity index (χ3n) is 5.19. The molecule has 0 atom stereocenters. The maximum atomic E-state index is 12.8. The number of fused-ring (bicyclic) bond motifs is 1. The van der Waals surface area contributed by atoms with Crippen LogP contribution in [0.25, 0.3) is 0 Å². The number of carbonyl (C=O) groups is 3. The van der Waals surface area contributed by atoms with E-state index in [2.05, 4.69) is 5.32 Å². The molecule has 0 aliphatic carbocycles. The number of carbonyl (C=O) groups excluding carboxylic acids is 3. The number of rotatable bonds is 8. The highest BCUT2D eigenvalue weighted by Crippen LogP contribution is 2.33. The molecule has 0 unspecified atom stereocenters. The molecule has 170 valence electrons. The highest BCUT2D eigenvalue weighted by molar-refractivity contribution is 6.04. The molecule has 1 N–H and O–H groups in total. The van der Waals surface area contributed by atoms with Gasteiger partial charge in [-0.2, -0.15) is 0 Å². The van der Waals surface area contributed by atoms with Crippen molar-refractivity contribution in [3.63, 3.8) is 0 Å². The number of hydrogen-bond acceptors (Lipinski definition) is 5. The smallest absolute Gasteiger partial charge is 0.265 e. The Balaban J connectivity index is 1.76. The lowest BCUT2D eigenvalue weighted by molar-refractivity contribution is -0.125. The van der Waals surface area contributed by atoms with Crippen molar-refractivity contribution in [3.8, 4) is 11.5 Å². The fourth-order valence-corrected chi connectivity index (χ4v) is 3.68. The lowest BCUT2D eigenvalue weighted by atomic mass is 10.1. The fourth-order valence-electron chi connectivity index (χ4n) is 3.68. The average molecular weight is 439 g/mol. The van der Waals surface area contributed by atoms with Crippen LogP contribution in [0.2, 0.25) is 0 Å². The van der Waals surface area contributed by atoms with Gasteiger partial charge < -0.3 is 14.8 Å². The Morgan fingerprint density at radius 1 is 1.12 bits per heavy atom. The summed E-state index contributed by atoms with van der Waals surface area (Å²) in [6, 6.07) is 8.90. The van der Waals surface area contributed by atoms with Crippen molar-refractivity contribution in [1.82, 2.24) is 5.32 Å². The molecule has 0 spiro atoms. The first kappa shape index (κ1) is 23.3. The second-order valence-electron chi connectivity index (χ2n) is 8.59. The van der Waals surface area contributed by atoms with Crippen LogP contribution < -0.4 is 19.7 Å². The van der Waals surface area contributed by atoms with E-state index in [0.717, 1.165) is 16.7 Å². The van der Waals surface area contributed by atoms with Crippen LogP contribution in [0.4, 0.5) is 5.69 Å². The van der Waals surface area contributed by atoms with E-state index in [1.807, 2.05) is 46.8 Å². The molecule has 1 aliphatic rings. The van der Waals surface area contributed by atoms with Crippen molar-refractivity contribution in [3.05, 3.63) is 52.6 Å². The molecule has 1 heterocycles. The molecule has 0 fully saturated rings. The fraction of sp³-hybridized carbons (Fsp3) is 0.400. The summed E-state index contributed by atoms with van der Waals surface area (Å²) in [5.41, 5.74) is 3.87. The van der Waals surface area contributed by atoms with Crippen LogP contribution in [0.3, 0.4) is 0 Å². The highest BCUT2D eigenvalue weighted by atomic mass is 16.5. The molecule has 2 aromatic carbocycles. The van der Waals surface area contributed by atoms with E-state index in [-0.39, 0.29) is 37.4 Å². The molecule has 7 nitrogen and oxygen atoms in total. The SMILES string of the molecule is Cc1cc(C)c(OCC(=O)c2ccc3c(c2)N(CC(=O)NCC(C)C)C(=O)CO3)c(C)c1. The van der Waals surface area contributed by atoms with Crippen molar-refractivity contribution >= 4 is 23.3 Å². The minimum atomic E-state index is -0.330. The lowest BCUT2D eigenvalue weighted by Crippen LogP contribution is -2.45. The lowest BCUT2D eigenvalue weighted by Gasteiger charge is -2.29. The van der Waals surface area contributed by atoms with Crippen LogP contribution in [0.5, 0.6) is 11.5 Å². The van der Waals surface area contributed by atoms with Crippen molar-refractivity contribution in [1.29, 1.82) is 0 Å². The summed E-state index contributed by atoms with van der Waals surface area (Å²) in [7, 11) is 0. The summed E-state index contributed by atoms with van der Waals surface area (Å²) in [6.07, 6.45) is 0. The quantitative estimate of drug-likeness (QED) is 0.639. The molecule has 2 aromatic rings. The Morgan fingerprint density at radius 3 is 2.47 bits per heavy atom. The summed E-state index contributed by atoms with van der Waals surface area (Å²) in [6.45, 7) is 10.0. The second kappa shape index (κ2) is 9.85. The predicted molar refractivity (Wildman–Crippen MR) is 123 cm³/mol. The first-order valence-corrected chi connectivity index (χ1v) is 10.7. The van der Waals surface area contributed by atoms with Gasteiger partial charge in [0.2, 0.25) is 5.91 Å². The van der Waals surface area contributed by atoms with Gasteiger partial charge >= 0.3 is 0 Å². The Kier molecular flexibility index (Phi) is 7.18. The number of benzene rings is 2. The van der Waals surface area contributed by atoms with E-state index in [1.165, 1.54) is 4.90 Å². The summed E-state index contributed by atoms with van der Waals surface area (Å²) >= 11 is 0. The summed E-state index contributed by atoms with van der Waals surface area (Å²) in [5, 5.41) is 2.81. The van der Waals surface area contributed by atoms with E-state index in [4.69, 9.17) is 9.47 Å². The van der Waals surface area contributed by atoms with Gasteiger partial charge in [-0.15, -0.1) is 0 Å². The van der Waals surface area contributed by atoms with Gasteiger partial charge in [-0.05, 0) is 56.0 Å². The van der Waals surface area contributed by atoms with E-state index in [9.17, 15) is 14.4 Å². The number of anilines is 1. The predicted octanol–water partition coefficient (Wildman–Crippen LogP) is 3.37. The number of ketones is 1. The van der Waals surface area contributed by atoms with Crippen molar-refractivity contribution in [2.75, 3.05) is 31.2 Å². The summed E-state index contributed by atoms with van der Waals surface area (Å²) in [4.78, 5) is 38.9. The second-order valence-corrected chi connectivity index (χ2v) is 8.59. The maximum Gasteiger partial charge on any atom is 0.265 e. The molecular weight excluding hydrogens is 408 g/mol.